The zero-order valence-corrected chi connectivity index (χ0v) is 21.2. The van der Waals surface area contributed by atoms with E-state index in [2.05, 4.69) is 111 Å². The summed E-state index contributed by atoms with van der Waals surface area (Å²) in [5, 5.41) is 4.28. The molecule has 0 spiro atoms. The molecule has 4 aromatic rings. The predicted octanol–water partition coefficient (Wildman–Crippen LogP) is 6.74. The van der Waals surface area contributed by atoms with Gasteiger partial charge in [-0.25, -0.2) is 0 Å². The molecular formula is C27H25BrN4S. The fourth-order valence-corrected chi connectivity index (χ4v) is 5.38. The monoisotopic (exact) mass is 516 g/mol. The Kier molecular flexibility index (Phi) is 5.81. The lowest BCUT2D eigenvalue weighted by atomic mass is 9.96. The summed E-state index contributed by atoms with van der Waals surface area (Å²) in [6.07, 6.45) is 1.84. The Labute approximate surface area is 208 Å². The van der Waals surface area contributed by atoms with Crippen molar-refractivity contribution in [1.29, 1.82) is 0 Å². The van der Waals surface area contributed by atoms with E-state index in [9.17, 15) is 0 Å². The zero-order chi connectivity index (χ0) is 23.1. The summed E-state index contributed by atoms with van der Waals surface area (Å²) in [6.45, 7) is 6.46. The first-order valence-electron chi connectivity index (χ1n) is 11.0. The van der Waals surface area contributed by atoms with Crippen molar-refractivity contribution in [1.82, 2.24) is 14.9 Å². The van der Waals surface area contributed by atoms with Gasteiger partial charge in [-0.1, -0.05) is 40.2 Å². The molecule has 4 nitrogen and oxygen atoms in total. The second kappa shape index (κ2) is 8.76. The van der Waals surface area contributed by atoms with Crippen LogP contribution in [0.3, 0.4) is 0 Å². The molecule has 0 amide bonds. The molecule has 6 heteroatoms. The molecule has 2 atom stereocenters. The van der Waals surface area contributed by atoms with Gasteiger partial charge in [0.15, 0.2) is 5.11 Å². The summed E-state index contributed by atoms with van der Waals surface area (Å²) in [5.41, 5.74) is 8.01. The van der Waals surface area contributed by atoms with Crippen LogP contribution >= 0.6 is 28.1 Å². The maximum Gasteiger partial charge on any atom is 0.174 e. The van der Waals surface area contributed by atoms with Crippen LogP contribution in [0.25, 0.3) is 5.69 Å². The first kappa shape index (κ1) is 21.9. The van der Waals surface area contributed by atoms with Crippen LogP contribution in [-0.4, -0.2) is 14.7 Å². The Hall–Kier alpha value is -2.96. The van der Waals surface area contributed by atoms with Crippen LogP contribution in [0.5, 0.6) is 0 Å². The molecule has 166 valence electrons. The van der Waals surface area contributed by atoms with Crippen molar-refractivity contribution in [3.63, 3.8) is 0 Å². The van der Waals surface area contributed by atoms with E-state index in [-0.39, 0.29) is 12.1 Å². The lowest BCUT2D eigenvalue weighted by Gasteiger charge is -2.28. The molecule has 0 aliphatic carbocycles. The van der Waals surface area contributed by atoms with E-state index in [1.165, 1.54) is 22.5 Å². The molecule has 1 aliphatic heterocycles. The van der Waals surface area contributed by atoms with Crippen LogP contribution in [0.15, 0.2) is 83.5 Å². The third-order valence-corrected chi connectivity index (χ3v) is 7.53. The normalized spacial score (nSPS) is 17.9. The van der Waals surface area contributed by atoms with E-state index in [4.69, 9.17) is 12.2 Å². The predicted molar refractivity (Wildman–Crippen MR) is 142 cm³/mol. The molecule has 1 N–H and O–H groups in total. The number of aromatic nitrogens is 2. The van der Waals surface area contributed by atoms with E-state index in [0.29, 0.717) is 5.11 Å². The van der Waals surface area contributed by atoms with Gasteiger partial charge < -0.3 is 14.8 Å². The summed E-state index contributed by atoms with van der Waals surface area (Å²) in [7, 11) is 0. The molecule has 0 saturated carbocycles. The smallest absolute Gasteiger partial charge is 0.174 e. The van der Waals surface area contributed by atoms with Gasteiger partial charge in [0.05, 0.1) is 17.8 Å². The molecule has 33 heavy (non-hydrogen) atoms. The van der Waals surface area contributed by atoms with Crippen molar-refractivity contribution < 1.29 is 0 Å². The first-order valence-corrected chi connectivity index (χ1v) is 12.2. The van der Waals surface area contributed by atoms with Gasteiger partial charge in [0.1, 0.15) is 0 Å². The maximum atomic E-state index is 5.90. The van der Waals surface area contributed by atoms with E-state index in [1.54, 1.807) is 0 Å². The number of nitrogens with zero attached hydrogens (tertiary/aromatic N) is 3. The third-order valence-electron chi connectivity index (χ3n) is 6.32. The maximum absolute atomic E-state index is 5.90. The minimum Gasteiger partial charge on any atom is -0.351 e. The van der Waals surface area contributed by atoms with Crippen LogP contribution < -0.4 is 10.2 Å². The first-order chi connectivity index (χ1) is 16.0. The summed E-state index contributed by atoms with van der Waals surface area (Å²) < 4.78 is 3.40. The number of thiocarbonyl (C=S) groups is 1. The largest absolute Gasteiger partial charge is 0.351 e. The molecule has 0 unspecified atom stereocenters. The van der Waals surface area contributed by atoms with Crippen LogP contribution in [0.1, 0.15) is 40.3 Å². The Bertz CT molecular complexity index is 1320. The number of para-hydroxylation sites is 1. The van der Waals surface area contributed by atoms with Crippen molar-refractivity contribution in [2.45, 2.75) is 32.9 Å². The van der Waals surface area contributed by atoms with Gasteiger partial charge in [0, 0.05) is 33.4 Å². The quantitative estimate of drug-likeness (QED) is 0.304. The molecule has 1 saturated heterocycles. The van der Waals surface area contributed by atoms with Crippen LogP contribution in [0, 0.1) is 20.8 Å². The van der Waals surface area contributed by atoms with Gasteiger partial charge in [-0.3, -0.25) is 4.98 Å². The second-order valence-corrected chi connectivity index (χ2v) is 9.67. The van der Waals surface area contributed by atoms with Crippen molar-refractivity contribution in [3.05, 3.63) is 112 Å². The lowest BCUT2D eigenvalue weighted by molar-refractivity contribution is 0.565. The molecule has 1 fully saturated rings. The van der Waals surface area contributed by atoms with Crippen LogP contribution in [-0.2, 0) is 0 Å². The van der Waals surface area contributed by atoms with Gasteiger partial charge in [0.2, 0.25) is 0 Å². The number of halogens is 1. The highest BCUT2D eigenvalue weighted by Gasteiger charge is 2.42. The number of rotatable bonds is 4. The number of pyridine rings is 1. The Morgan fingerprint density at radius 2 is 1.67 bits per heavy atom. The van der Waals surface area contributed by atoms with Gasteiger partial charge in [0.25, 0.3) is 0 Å². The van der Waals surface area contributed by atoms with Crippen molar-refractivity contribution in [3.8, 4) is 5.69 Å². The standard InChI is InChI=1S/C27H25BrN4S/c1-17-15-21(12-13-23(17)28)32-26(25(30-27(32)33)24-11-7-8-14-29-24)22-16-18(2)31(19(22)3)20-9-5-4-6-10-20/h4-16,25-26H,1-3H3,(H,30,33)/t25-,26+/m0/s1. The molecule has 0 radical (unpaired) electrons. The van der Waals surface area contributed by atoms with Crippen LogP contribution in [0.4, 0.5) is 5.69 Å². The Morgan fingerprint density at radius 1 is 0.909 bits per heavy atom. The molecule has 2 aromatic heterocycles. The molecule has 5 rings (SSSR count). The number of hydrogen-bond donors (Lipinski definition) is 1. The fourth-order valence-electron chi connectivity index (χ4n) is 4.79. The van der Waals surface area contributed by atoms with E-state index in [1.807, 2.05) is 24.4 Å². The number of aryl methyl sites for hydroxylation is 2. The second-order valence-electron chi connectivity index (χ2n) is 8.43. The van der Waals surface area contributed by atoms with Gasteiger partial charge in [-0.2, -0.15) is 0 Å². The average molecular weight is 517 g/mol. The van der Waals surface area contributed by atoms with Crippen molar-refractivity contribution in [2.24, 2.45) is 0 Å². The topological polar surface area (TPSA) is 33.1 Å². The van der Waals surface area contributed by atoms with E-state index >= 15 is 0 Å². The molecule has 0 bridgehead atoms. The van der Waals surface area contributed by atoms with E-state index < -0.39 is 0 Å². The van der Waals surface area contributed by atoms with Gasteiger partial charge in [-0.05, 0) is 92.6 Å². The van der Waals surface area contributed by atoms with Gasteiger partial charge in [-0.15, -0.1) is 0 Å². The summed E-state index contributed by atoms with van der Waals surface area (Å²) >= 11 is 9.53. The highest BCUT2D eigenvalue weighted by molar-refractivity contribution is 9.10. The lowest BCUT2D eigenvalue weighted by Crippen LogP contribution is -2.29. The number of benzene rings is 2. The Balaban J connectivity index is 1.69. The molecule has 2 aromatic carbocycles. The zero-order valence-electron chi connectivity index (χ0n) is 18.8. The number of anilines is 1. The fraction of sp³-hybridized carbons (Fsp3) is 0.185. The van der Waals surface area contributed by atoms with Crippen molar-refractivity contribution >= 4 is 38.9 Å². The average Bonchev–Trinajstić information content (AvgIpc) is 3.32. The Morgan fingerprint density at radius 3 is 2.36 bits per heavy atom. The third kappa shape index (κ3) is 3.87. The number of hydrogen-bond acceptors (Lipinski definition) is 2. The molecule has 3 heterocycles. The SMILES string of the molecule is Cc1cc(N2C(=S)N[C@@H](c3ccccn3)[C@H]2c2cc(C)n(-c3ccccc3)c2C)ccc1Br. The minimum absolute atomic E-state index is 0.0309. The summed E-state index contributed by atoms with van der Waals surface area (Å²) in [5.74, 6) is 0. The van der Waals surface area contributed by atoms with Crippen molar-refractivity contribution in [2.75, 3.05) is 4.90 Å². The highest BCUT2D eigenvalue weighted by atomic mass is 79.9. The van der Waals surface area contributed by atoms with Crippen LogP contribution in [0.2, 0.25) is 0 Å². The van der Waals surface area contributed by atoms with Gasteiger partial charge >= 0.3 is 0 Å². The minimum atomic E-state index is -0.0626. The summed E-state index contributed by atoms with van der Waals surface area (Å²) in [6, 6.07) is 25.1. The highest BCUT2D eigenvalue weighted by Crippen LogP contribution is 2.44. The number of nitrogens with one attached hydrogen (secondary N) is 1. The molecule has 1 aliphatic rings. The van der Waals surface area contributed by atoms with E-state index in [0.717, 1.165) is 21.5 Å². The summed E-state index contributed by atoms with van der Waals surface area (Å²) in [4.78, 5) is 6.93. The molecular weight excluding hydrogens is 492 g/mol.